The van der Waals surface area contributed by atoms with E-state index in [9.17, 15) is 4.79 Å². The van der Waals surface area contributed by atoms with Gasteiger partial charge in [0.05, 0.1) is 5.56 Å². The third-order valence-electron chi connectivity index (χ3n) is 2.51. The first kappa shape index (κ1) is 12.0. The lowest BCUT2D eigenvalue weighted by Gasteiger charge is -2.08. The predicted octanol–water partition coefficient (Wildman–Crippen LogP) is 1.45. The molecule has 0 spiro atoms. The summed E-state index contributed by atoms with van der Waals surface area (Å²) < 4.78 is 0. The zero-order chi connectivity index (χ0) is 12.8. The molecule has 5 nitrogen and oxygen atoms in total. The average molecular weight is 242 g/mol. The second-order valence-corrected chi connectivity index (χ2v) is 3.72. The number of carbonyl (C=O) groups is 1. The van der Waals surface area contributed by atoms with Gasteiger partial charge in [-0.05, 0) is 17.7 Å². The van der Waals surface area contributed by atoms with Gasteiger partial charge in [-0.2, -0.15) is 0 Å². The van der Waals surface area contributed by atoms with Crippen LogP contribution in [-0.2, 0) is 6.54 Å². The maximum Gasteiger partial charge on any atom is 0.255 e. The van der Waals surface area contributed by atoms with Crippen LogP contribution in [0.2, 0.25) is 0 Å². The standard InChI is InChI=1S/C13H14N4O/c1-14-12-4-6-16-9-11(12)13(18)17-8-10-3-2-5-15-7-10/h2-7,9H,8H2,1H3,(H,14,16)(H,17,18). The minimum atomic E-state index is -0.156. The molecule has 0 atom stereocenters. The second kappa shape index (κ2) is 5.77. The summed E-state index contributed by atoms with van der Waals surface area (Å²) in [6, 6.07) is 5.51. The molecule has 0 aromatic carbocycles. The monoisotopic (exact) mass is 242 g/mol. The fourth-order valence-corrected chi connectivity index (χ4v) is 1.57. The van der Waals surface area contributed by atoms with E-state index in [1.165, 1.54) is 0 Å². The Morgan fingerprint density at radius 3 is 2.78 bits per heavy atom. The molecule has 0 aliphatic heterocycles. The normalized spacial score (nSPS) is 9.83. The van der Waals surface area contributed by atoms with Gasteiger partial charge in [0, 0.05) is 44.1 Å². The van der Waals surface area contributed by atoms with Crippen molar-refractivity contribution in [1.29, 1.82) is 0 Å². The van der Waals surface area contributed by atoms with Gasteiger partial charge in [0.25, 0.3) is 5.91 Å². The number of nitrogens with one attached hydrogen (secondary N) is 2. The van der Waals surface area contributed by atoms with Crippen LogP contribution in [0.25, 0.3) is 0 Å². The zero-order valence-electron chi connectivity index (χ0n) is 10.1. The van der Waals surface area contributed by atoms with Crippen LogP contribution < -0.4 is 10.6 Å². The van der Waals surface area contributed by atoms with Crippen molar-refractivity contribution < 1.29 is 4.79 Å². The molecule has 2 aromatic heterocycles. The average Bonchev–Trinajstić information content (AvgIpc) is 2.45. The molecule has 18 heavy (non-hydrogen) atoms. The molecule has 0 radical (unpaired) electrons. The first-order valence-electron chi connectivity index (χ1n) is 5.60. The summed E-state index contributed by atoms with van der Waals surface area (Å²) >= 11 is 0. The van der Waals surface area contributed by atoms with Crippen molar-refractivity contribution in [3.63, 3.8) is 0 Å². The van der Waals surface area contributed by atoms with Gasteiger partial charge in [-0.3, -0.25) is 14.8 Å². The minimum Gasteiger partial charge on any atom is -0.387 e. The van der Waals surface area contributed by atoms with E-state index in [1.807, 2.05) is 12.1 Å². The topological polar surface area (TPSA) is 66.9 Å². The zero-order valence-corrected chi connectivity index (χ0v) is 10.1. The molecule has 0 aliphatic rings. The van der Waals surface area contributed by atoms with Crippen molar-refractivity contribution in [2.45, 2.75) is 6.54 Å². The van der Waals surface area contributed by atoms with E-state index in [2.05, 4.69) is 20.6 Å². The summed E-state index contributed by atoms with van der Waals surface area (Å²) in [5, 5.41) is 5.79. The van der Waals surface area contributed by atoms with Gasteiger partial charge in [0.2, 0.25) is 0 Å². The highest BCUT2D eigenvalue weighted by Crippen LogP contribution is 2.12. The summed E-state index contributed by atoms with van der Waals surface area (Å²) in [7, 11) is 1.77. The number of pyridine rings is 2. The molecular weight excluding hydrogens is 228 g/mol. The molecule has 0 saturated heterocycles. The van der Waals surface area contributed by atoms with Crippen molar-refractivity contribution in [2.75, 3.05) is 12.4 Å². The lowest BCUT2D eigenvalue weighted by atomic mass is 10.2. The lowest BCUT2D eigenvalue weighted by molar-refractivity contribution is 0.0951. The van der Waals surface area contributed by atoms with Crippen LogP contribution in [0, 0.1) is 0 Å². The van der Waals surface area contributed by atoms with Crippen molar-refractivity contribution in [3.05, 3.63) is 54.1 Å². The van der Waals surface area contributed by atoms with Gasteiger partial charge in [0.1, 0.15) is 0 Å². The third kappa shape index (κ3) is 2.82. The summed E-state index contributed by atoms with van der Waals surface area (Å²) in [6.45, 7) is 0.449. The molecular formula is C13H14N4O. The quantitative estimate of drug-likeness (QED) is 0.851. The summed E-state index contributed by atoms with van der Waals surface area (Å²) in [6.07, 6.45) is 6.61. The Morgan fingerprint density at radius 1 is 1.22 bits per heavy atom. The van der Waals surface area contributed by atoms with Gasteiger partial charge < -0.3 is 10.6 Å². The van der Waals surface area contributed by atoms with Crippen molar-refractivity contribution in [3.8, 4) is 0 Å². The summed E-state index contributed by atoms with van der Waals surface area (Å²) in [5.74, 6) is -0.156. The molecule has 92 valence electrons. The Bertz CT molecular complexity index is 528. The van der Waals surface area contributed by atoms with Crippen molar-refractivity contribution in [1.82, 2.24) is 15.3 Å². The fraction of sp³-hybridized carbons (Fsp3) is 0.154. The number of aromatic nitrogens is 2. The van der Waals surface area contributed by atoms with Crippen molar-refractivity contribution >= 4 is 11.6 Å². The van der Waals surface area contributed by atoms with Gasteiger partial charge in [-0.25, -0.2) is 0 Å². The number of rotatable bonds is 4. The van der Waals surface area contributed by atoms with E-state index in [4.69, 9.17) is 0 Å². The number of nitrogens with zero attached hydrogens (tertiary/aromatic N) is 2. The number of amides is 1. The fourth-order valence-electron chi connectivity index (χ4n) is 1.57. The van der Waals surface area contributed by atoms with E-state index >= 15 is 0 Å². The van der Waals surface area contributed by atoms with Gasteiger partial charge in [0.15, 0.2) is 0 Å². The number of hydrogen-bond acceptors (Lipinski definition) is 4. The molecule has 1 amide bonds. The highest BCUT2D eigenvalue weighted by atomic mass is 16.1. The lowest BCUT2D eigenvalue weighted by Crippen LogP contribution is -2.23. The summed E-state index contributed by atoms with van der Waals surface area (Å²) in [4.78, 5) is 19.9. The van der Waals surface area contributed by atoms with E-state index in [0.29, 0.717) is 12.1 Å². The summed E-state index contributed by atoms with van der Waals surface area (Å²) in [5.41, 5.74) is 2.25. The Kier molecular flexibility index (Phi) is 3.86. The van der Waals surface area contributed by atoms with Crippen LogP contribution in [0.4, 0.5) is 5.69 Å². The third-order valence-corrected chi connectivity index (χ3v) is 2.51. The molecule has 2 N–H and O–H groups in total. The van der Waals surface area contributed by atoms with Crippen LogP contribution in [0.1, 0.15) is 15.9 Å². The Hall–Kier alpha value is -2.43. The van der Waals surface area contributed by atoms with E-state index in [0.717, 1.165) is 11.3 Å². The maximum atomic E-state index is 12.0. The molecule has 5 heteroatoms. The molecule has 0 saturated carbocycles. The number of carbonyl (C=O) groups excluding carboxylic acids is 1. The highest BCUT2D eigenvalue weighted by molar-refractivity contribution is 5.99. The van der Waals surface area contributed by atoms with Crippen LogP contribution in [-0.4, -0.2) is 22.9 Å². The Balaban J connectivity index is 2.04. The molecule has 2 aromatic rings. The second-order valence-electron chi connectivity index (χ2n) is 3.72. The number of anilines is 1. The minimum absolute atomic E-state index is 0.156. The SMILES string of the molecule is CNc1ccncc1C(=O)NCc1cccnc1. The van der Waals surface area contributed by atoms with Crippen LogP contribution in [0.5, 0.6) is 0 Å². The largest absolute Gasteiger partial charge is 0.387 e. The first-order valence-corrected chi connectivity index (χ1v) is 5.60. The highest BCUT2D eigenvalue weighted by Gasteiger charge is 2.09. The van der Waals surface area contributed by atoms with E-state index in [-0.39, 0.29) is 5.91 Å². The molecule has 0 fully saturated rings. The molecule has 0 unspecified atom stereocenters. The Labute approximate surface area is 105 Å². The van der Waals surface area contributed by atoms with E-state index in [1.54, 1.807) is 37.9 Å². The molecule has 0 bridgehead atoms. The smallest absolute Gasteiger partial charge is 0.255 e. The Morgan fingerprint density at radius 2 is 2.06 bits per heavy atom. The predicted molar refractivity (Wildman–Crippen MR) is 69.2 cm³/mol. The van der Waals surface area contributed by atoms with Gasteiger partial charge in [-0.15, -0.1) is 0 Å². The van der Waals surface area contributed by atoms with E-state index < -0.39 is 0 Å². The molecule has 2 heterocycles. The molecule has 0 aliphatic carbocycles. The van der Waals surface area contributed by atoms with Gasteiger partial charge in [-0.1, -0.05) is 6.07 Å². The van der Waals surface area contributed by atoms with Crippen molar-refractivity contribution in [2.24, 2.45) is 0 Å². The van der Waals surface area contributed by atoms with Crippen LogP contribution in [0.3, 0.4) is 0 Å². The first-order chi connectivity index (χ1) is 8.81. The van der Waals surface area contributed by atoms with Crippen LogP contribution >= 0.6 is 0 Å². The van der Waals surface area contributed by atoms with Crippen LogP contribution in [0.15, 0.2) is 43.0 Å². The maximum absolute atomic E-state index is 12.0. The number of hydrogen-bond donors (Lipinski definition) is 2. The molecule has 2 rings (SSSR count). The van der Waals surface area contributed by atoms with Gasteiger partial charge >= 0.3 is 0 Å².